The molecule has 0 atom stereocenters. The molecule has 1 spiro atoms. The molecule has 26 heavy (non-hydrogen) atoms. The lowest BCUT2D eigenvalue weighted by Gasteiger charge is -2.58. The summed E-state index contributed by atoms with van der Waals surface area (Å²) in [6.07, 6.45) is 9.54. The highest BCUT2D eigenvalue weighted by molar-refractivity contribution is 7.98. The number of likely N-dealkylation sites (tertiary alicyclic amines) is 1. The summed E-state index contributed by atoms with van der Waals surface area (Å²) in [5.41, 5.74) is 7.48. The summed E-state index contributed by atoms with van der Waals surface area (Å²) in [5.74, 6) is 0. The van der Waals surface area contributed by atoms with Gasteiger partial charge < -0.3 is 10.2 Å². The van der Waals surface area contributed by atoms with Gasteiger partial charge in [-0.15, -0.1) is 0 Å². The van der Waals surface area contributed by atoms with Crippen LogP contribution in [0.15, 0.2) is 6.07 Å². The van der Waals surface area contributed by atoms with Crippen molar-refractivity contribution in [3.8, 4) is 0 Å². The summed E-state index contributed by atoms with van der Waals surface area (Å²) in [6.45, 7) is 5.93. The second kappa shape index (κ2) is 6.45. The maximum absolute atomic E-state index is 12.5. The summed E-state index contributed by atoms with van der Waals surface area (Å²) in [4.78, 5) is 15.1. The van der Waals surface area contributed by atoms with Crippen LogP contribution in [0.3, 0.4) is 0 Å². The molecule has 1 aromatic rings. The van der Waals surface area contributed by atoms with Crippen LogP contribution in [0, 0.1) is 5.41 Å². The lowest BCUT2D eigenvalue weighted by molar-refractivity contribution is -0.0521. The molecule has 1 saturated carbocycles. The zero-order valence-electron chi connectivity index (χ0n) is 15.7. The van der Waals surface area contributed by atoms with Crippen molar-refractivity contribution in [2.75, 3.05) is 25.0 Å². The number of anilines is 1. The first kappa shape index (κ1) is 16.9. The summed E-state index contributed by atoms with van der Waals surface area (Å²) in [7, 11) is 0. The highest BCUT2D eigenvalue weighted by atomic mass is 32.2. The van der Waals surface area contributed by atoms with E-state index in [1.54, 1.807) is 11.9 Å². The average Bonchev–Trinajstić information content (AvgIpc) is 3.20. The number of fused-ring (bicyclic) bond motifs is 2. The fourth-order valence-electron chi connectivity index (χ4n) is 5.62. The molecular weight excluding hydrogens is 342 g/mol. The van der Waals surface area contributed by atoms with E-state index in [1.165, 1.54) is 80.4 Å². The van der Waals surface area contributed by atoms with Crippen LogP contribution in [0.2, 0.25) is 0 Å². The number of carbonyl (C=O) groups excluding carboxylic acids is 1. The first-order chi connectivity index (χ1) is 12.7. The summed E-state index contributed by atoms with van der Waals surface area (Å²) >= 11 is 1.64. The Hall–Kier alpha value is -1.20. The van der Waals surface area contributed by atoms with Crippen LogP contribution in [-0.2, 0) is 25.7 Å². The molecule has 2 fully saturated rings. The van der Waals surface area contributed by atoms with E-state index >= 15 is 0 Å². The van der Waals surface area contributed by atoms with Gasteiger partial charge in [0.05, 0.1) is 0 Å². The fraction of sp³-hybridized carbons (Fsp3) is 0.667. The number of urea groups is 1. The molecule has 140 valence electrons. The van der Waals surface area contributed by atoms with Crippen molar-refractivity contribution < 1.29 is 4.79 Å². The van der Waals surface area contributed by atoms with Gasteiger partial charge in [0, 0.05) is 24.0 Å². The Morgan fingerprint density at radius 2 is 1.81 bits per heavy atom. The predicted molar refractivity (Wildman–Crippen MR) is 108 cm³/mol. The topological polar surface area (TPSA) is 44.4 Å². The maximum atomic E-state index is 12.5. The largest absolute Gasteiger partial charge is 0.329 e. The fourth-order valence-corrected chi connectivity index (χ4v) is 6.82. The van der Waals surface area contributed by atoms with Crippen LogP contribution in [0.1, 0.15) is 54.9 Å². The van der Waals surface area contributed by atoms with Crippen molar-refractivity contribution in [1.29, 1.82) is 0 Å². The molecule has 0 unspecified atom stereocenters. The molecule has 1 heterocycles. The molecule has 3 aliphatic carbocycles. The standard InChI is InChI=1S/C21H29N3OS/c1-2-24-12-21(13-24)10-16(11-21)26-23-20(25)22-19-17-7-3-5-14(17)9-15-6-4-8-18(15)19/h9,16H,2-8,10-13H2,1H3,(H2,22,23,25). The average molecular weight is 372 g/mol. The van der Waals surface area contributed by atoms with Crippen molar-refractivity contribution in [2.24, 2.45) is 5.41 Å². The summed E-state index contributed by atoms with van der Waals surface area (Å²) in [5, 5.41) is 3.82. The zero-order chi connectivity index (χ0) is 17.7. The third kappa shape index (κ3) is 2.84. The van der Waals surface area contributed by atoms with Crippen LogP contribution >= 0.6 is 11.9 Å². The van der Waals surface area contributed by atoms with E-state index in [0.29, 0.717) is 10.7 Å². The third-order valence-electron chi connectivity index (χ3n) is 6.92. The van der Waals surface area contributed by atoms with Crippen LogP contribution in [-0.4, -0.2) is 35.8 Å². The molecule has 0 radical (unpaired) electrons. The Labute approximate surface area is 160 Å². The van der Waals surface area contributed by atoms with Gasteiger partial charge in [0.2, 0.25) is 0 Å². The second-order valence-electron chi connectivity index (χ2n) is 8.74. The zero-order valence-corrected chi connectivity index (χ0v) is 16.5. The molecule has 2 N–H and O–H groups in total. The van der Waals surface area contributed by atoms with Gasteiger partial charge >= 0.3 is 6.03 Å². The Morgan fingerprint density at radius 3 is 2.42 bits per heavy atom. The molecule has 5 heteroatoms. The minimum absolute atomic E-state index is 0.0332. The quantitative estimate of drug-likeness (QED) is 0.789. The van der Waals surface area contributed by atoms with Gasteiger partial charge in [-0.2, -0.15) is 0 Å². The van der Waals surface area contributed by atoms with Crippen LogP contribution < -0.4 is 10.0 Å². The normalized spacial score (nSPS) is 23.3. The lowest BCUT2D eigenvalue weighted by atomic mass is 9.63. The SMILES string of the molecule is CCN1CC2(CC(SNC(=O)Nc3c4c(cc5c3CCC5)CCC4)C2)C1. The Morgan fingerprint density at radius 1 is 1.15 bits per heavy atom. The number of nitrogens with one attached hydrogen (secondary N) is 2. The number of nitrogens with zero attached hydrogens (tertiary/aromatic N) is 1. The Balaban J connectivity index is 1.18. The van der Waals surface area contributed by atoms with Crippen LogP contribution in [0.25, 0.3) is 0 Å². The smallest absolute Gasteiger partial charge is 0.307 e. The van der Waals surface area contributed by atoms with Gasteiger partial charge in [-0.1, -0.05) is 13.0 Å². The monoisotopic (exact) mass is 371 g/mol. The van der Waals surface area contributed by atoms with Gasteiger partial charge in [-0.05, 0) is 97.5 Å². The molecule has 5 rings (SSSR count). The first-order valence-corrected chi connectivity index (χ1v) is 11.2. The van der Waals surface area contributed by atoms with Crippen molar-refractivity contribution in [3.63, 3.8) is 0 Å². The van der Waals surface area contributed by atoms with Crippen LogP contribution in [0.4, 0.5) is 10.5 Å². The van der Waals surface area contributed by atoms with Crippen molar-refractivity contribution >= 4 is 23.7 Å². The highest BCUT2D eigenvalue weighted by Crippen LogP contribution is 2.52. The number of aryl methyl sites for hydroxylation is 2. The van der Waals surface area contributed by atoms with E-state index in [4.69, 9.17) is 0 Å². The number of rotatable bonds is 4. The first-order valence-electron chi connectivity index (χ1n) is 10.3. The minimum Gasteiger partial charge on any atom is -0.307 e. The number of amides is 2. The number of hydrogen-bond donors (Lipinski definition) is 2. The van der Waals surface area contributed by atoms with Gasteiger partial charge in [-0.3, -0.25) is 4.72 Å². The summed E-state index contributed by atoms with van der Waals surface area (Å²) < 4.78 is 3.08. The van der Waals surface area contributed by atoms with E-state index in [1.807, 2.05) is 0 Å². The van der Waals surface area contributed by atoms with E-state index in [-0.39, 0.29) is 6.03 Å². The molecule has 4 nitrogen and oxygen atoms in total. The number of carbonyl (C=O) groups is 1. The molecule has 1 aromatic carbocycles. The van der Waals surface area contributed by atoms with E-state index in [9.17, 15) is 4.79 Å². The lowest BCUT2D eigenvalue weighted by Crippen LogP contribution is -2.63. The Kier molecular flexibility index (Phi) is 4.20. The predicted octanol–water partition coefficient (Wildman–Crippen LogP) is 3.92. The molecule has 2 amide bonds. The van der Waals surface area contributed by atoms with E-state index in [2.05, 4.69) is 27.9 Å². The second-order valence-corrected chi connectivity index (χ2v) is 9.85. The molecule has 0 bridgehead atoms. The maximum Gasteiger partial charge on any atom is 0.329 e. The van der Waals surface area contributed by atoms with Crippen LogP contribution in [0.5, 0.6) is 0 Å². The van der Waals surface area contributed by atoms with Crippen molar-refractivity contribution in [1.82, 2.24) is 9.62 Å². The highest BCUT2D eigenvalue weighted by Gasteiger charge is 2.52. The number of benzene rings is 1. The van der Waals surface area contributed by atoms with Gasteiger partial charge in [-0.25, -0.2) is 4.79 Å². The Bertz CT molecular complexity index is 701. The molecule has 1 saturated heterocycles. The van der Waals surface area contributed by atoms with Crippen molar-refractivity contribution in [2.45, 2.75) is 63.5 Å². The third-order valence-corrected chi connectivity index (χ3v) is 7.89. The van der Waals surface area contributed by atoms with E-state index < -0.39 is 0 Å². The van der Waals surface area contributed by atoms with Crippen molar-refractivity contribution in [3.05, 3.63) is 28.3 Å². The minimum atomic E-state index is -0.0332. The van der Waals surface area contributed by atoms with Gasteiger partial charge in [0.15, 0.2) is 0 Å². The van der Waals surface area contributed by atoms with Gasteiger partial charge in [0.25, 0.3) is 0 Å². The molecule has 0 aromatic heterocycles. The number of hydrogen-bond acceptors (Lipinski definition) is 3. The molecule has 1 aliphatic heterocycles. The summed E-state index contributed by atoms with van der Waals surface area (Å²) in [6, 6.07) is 2.38. The van der Waals surface area contributed by atoms with Gasteiger partial charge in [0.1, 0.15) is 0 Å². The molecular formula is C21H29N3OS. The molecule has 4 aliphatic rings. The van der Waals surface area contributed by atoms with E-state index in [0.717, 1.165) is 18.5 Å².